The lowest BCUT2D eigenvalue weighted by Crippen LogP contribution is -2.30. The lowest BCUT2D eigenvalue weighted by atomic mass is 10.1. The van der Waals surface area contributed by atoms with Gasteiger partial charge in [0.1, 0.15) is 19.3 Å². The molecule has 3 N–H and O–H groups in total. The van der Waals surface area contributed by atoms with E-state index in [4.69, 9.17) is 37.0 Å². The van der Waals surface area contributed by atoms with Gasteiger partial charge in [-0.3, -0.25) is 37.3 Å². The number of hydrogen-bond donors (Lipinski definition) is 3. The number of aliphatic hydroxyl groups is 1. The summed E-state index contributed by atoms with van der Waals surface area (Å²) < 4.78 is 68.2. The summed E-state index contributed by atoms with van der Waals surface area (Å²) in [6.07, 6.45) is 85.1. The van der Waals surface area contributed by atoms with Gasteiger partial charge in [-0.1, -0.05) is 255 Å². The Morgan fingerprint density at radius 1 is 0.300 bits per heavy atom. The molecule has 0 heterocycles. The standard InChI is InChI=1S/C81H128O17P2/c1-5-9-13-17-21-25-29-32-35-37-40-43-47-50-54-58-62-66-79(84)92-72-77(98-81(86)68-64-60-56-52-48-44-41-38-36-33-30-26-22-18-14-10-6-2)74-96-100(89,90)94-70-75(82)69-93-99(87,88)95-73-76(97-80(85)67-63-59-55-51-45-28-24-20-16-12-8-4)71-91-78(83)65-61-57-53-49-46-42-39-34-31-27-23-19-15-11-7-3/h9-11,13-15,20-27,32-36,39-41,43-44,46,49-50,54,57,61,75-77,82H,5-8,12,16-19,28-31,37-38,42,45,47-48,51-53,55-56,58-60,62-74H2,1-4H3,(H,87,88)(H,89,90)/b13-9-,14-10-,15-11-,24-20-,25-21-,26-22-,27-23-,35-32-,36-33-,39-34-,43-40-,44-41-,49-46-,54-50-,61-57-. The van der Waals surface area contributed by atoms with Crippen molar-refractivity contribution < 1.29 is 80.2 Å². The summed E-state index contributed by atoms with van der Waals surface area (Å²) in [5.74, 6) is -2.45. The van der Waals surface area contributed by atoms with Crippen molar-refractivity contribution in [1.82, 2.24) is 0 Å². The van der Waals surface area contributed by atoms with E-state index in [1.807, 2.05) is 30.4 Å². The number of phosphoric acid groups is 2. The molecule has 5 unspecified atom stereocenters. The first-order valence-corrected chi connectivity index (χ1v) is 40.0. The second-order valence-corrected chi connectivity index (χ2v) is 26.7. The highest BCUT2D eigenvalue weighted by Crippen LogP contribution is 2.45. The molecule has 0 bridgehead atoms. The third-order valence-corrected chi connectivity index (χ3v) is 16.3. The van der Waals surface area contributed by atoms with Crippen LogP contribution in [0.2, 0.25) is 0 Å². The number of carbonyl (C=O) groups excluding carboxylic acids is 4. The average Bonchev–Trinajstić information content (AvgIpc) is 1.00. The van der Waals surface area contributed by atoms with E-state index in [-0.39, 0.29) is 25.7 Å². The van der Waals surface area contributed by atoms with E-state index < -0.39 is 97.5 Å². The molecule has 5 atom stereocenters. The van der Waals surface area contributed by atoms with Crippen LogP contribution >= 0.6 is 15.6 Å². The maximum absolute atomic E-state index is 13.1. The van der Waals surface area contributed by atoms with E-state index in [0.29, 0.717) is 32.1 Å². The number of aliphatic hydroxyl groups excluding tert-OH is 1. The summed E-state index contributed by atoms with van der Waals surface area (Å²) in [7, 11) is -10.0. The second kappa shape index (κ2) is 71.6. The van der Waals surface area contributed by atoms with Gasteiger partial charge in [-0.25, -0.2) is 9.13 Å². The second-order valence-electron chi connectivity index (χ2n) is 23.8. The molecule has 0 amide bonds. The van der Waals surface area contributed by atoms with E-state index in [9.17, 15) is 43.2 Å². The maximum Gasteiger partial charge on any atom is 0.472 e. The Morgan fingerprint density at radius 3 is 0.930 bits per heavy atom. The molecule has 0 spiro atoms. The predicted octanol–water partition coefficient (Wildman–Crippen LogP) is 21.2. The van der Waals surface area contributed by atoms with Crippen molar-refractivity contribution in [1.29, 1.82) is 0 Å². The van der Waals surface area contributed by atoms with Crippen molar-refractivity contribution >= 4 is 39.5 Å². The van der Waals surface area contributed by atoms with Crippen molar-refractivity contribution in [3.8, 4) is 0 Å². The first-order valence-electron chi connectivity index (χ1n) is 37.0. The van der Waals surface area contributed by atoms with Gasteiger partial charge < -0.3 is 33.8 Å². The molecule has 0 saturated carbocycles. The average molecular weight is 1440 g/mol. The molecule has 17 nitrogen and oxygen atoms in total. The van der Waals surface area contributed by atoms with Crippen LogP contribution in [0.5, 0.6) is 0 Å². The van der Waals surface area contributed by atoms with E-state index >= 15 is 0 Å². The van der Waals surface area contributed by atoms with E-state index in [2.05, 4.69) is 174 Å². The number of carbonyl (C=O) groups is 4. The van der Waals surface area contributed by atoms with E-state index in [0.717, 1.165) is 154 Å². The molecule has 0 rings (SSSR count). The Labute approximate surface area is 603 Å². The molecule has 0 fully saturated rings. The smallest absolute Gasteiger partial charge is 0.462 e. The van der Waals surface area contributed by atoms with Crippen molar-refractivity contribution in [2.45, 2.75) is 264 Å². The van der Waals surface area contributed by atoms with Crippen LogP contribution in [-0.4, -0.2) is 96.7 Å². The number of unbranched alkanes of at least 4 members (excludes halogenated alkanes) is 12. The first-order chi connectivity index (χ1) is 48.7. The van der Waals surface area contributed by atoms with Gasteiger partial charge in [-0.05, 0) is 148 Å². The van der Waals surface area contributed by atoms with Gasteiger partial charge in [-0.2, -0.15) is 0 Å². The maximum atomic E-state index is 13.1. The normalized spacial score (nSPS) is 15.0. The summed E-state index contributed by atoms with van der Waals surface area (Å²) >= 11 is 0. The Balaban J connectivity index is 5.50. The lowest BCUT2D eigenvalue weighted by molar-refractivity contribution is -0.161. The zero-order chi connectivity index (χ0) is 73.2. The Morgan fingerprint density at radius 2 is 0.570 bits per heavy atom. The Bertz CT molecular complexity index is 2620. The largest absolute Gasteiger partial charge is 0.472 e. The Kier molecular flexibility index (Phi) is 67.4. The summed E-state index contributed by atoms with van der Waals surface area (Å²) in [4.78, 5) is 72.7. The molecule has 564 valence electrons. The van der Waals surface area contributed by atoms with Crippen LogP contribution in [-0.2, 0) is 65.4 Å². The van der Waals surface area contributed by atoms with E-state index in [1.54, 1.807) is 6.08 Å². The minimum absolute atomic E-state index is 0.0449. The first kappa shape index (κ1) is 94.2. The van der Waals surface area contributed by atoms with Gasteiger partial charge in [0, 0.05) is 19.3 Å². The summed E-state index contributed by atoms with van der Waals surface area (Å²) in [6, 6.07) is 0. The number of hydrogen-bond acceptors (Lipinski definition) is 15. The van der Waals surface area contributed by atoms with Crippen molar-refractivity contribution in [2.75, 3.05) is 39.6 Å². The summed E-state index contributed by atoms with van der Waals surface area (Å²) in [5.41, 5.74) is 0. The fraction of sp³-hybridized carbons (Fsp3) is 0.580. The summed E-state index contributed by atoms with van der Waals surface area (Å²) in [5, 5.41) is 10.6. The highest BCUT2D eigenvalue weighted by molar-refractivity contribution is 7.47. The van der Waals surface area contributed by atoms with Crippen LogP contribution in [0.15, 0.2) is 182 Å². The SMILES string of the molecule is CC/C=C\C/C=C\C/C=C\C/C=C\C/C=C\CCCC(=O)OCC(COP(=O)(O)OCC(O)COP(=O)(O)OCC(COC(=O)C/C=C\C/C=C\C/C=C\C/C=C\C/C=C\CC)OC(=O)CCCCCCC/C=C\CCCC)OC(=O)CCCCCC/C=C\C/C=C\C/C=C\C/C=C\CC. The van der Waals surface area contributed by atoms with Gasteiger partial charge in [-0.15, -0.1) is 0 Å². The monoisotopic (exact) mass is 1430 g/mol. The highest BCUT2D eigenvalue weighted by Gasteiger charge is 2.30. The molecule has 0 aliphatic rings. The van der Waals surface area contributed by atoms with Crippen LogP contribution in [0, 0.1) is 0 Å². The van der Waals surface area contributed by atoms with Gasteiger partial charge in [0.05, 0.1) is 32.8 Å². The van der Waals surface area contributed by atoms with Crippen LogP contribution in [0.4, 0.5) is 0 Å². The summed E-state index contributed by atoms with van der Waals surface area (Å²) in [6.45, 7) is 4.22. The van der Waals surface area contributed by atoms with Gasteiger partial charge in [0.15, 0.2) is 12.2 Å². The molecule has 0 radical (unpaired) electrons. The number of allylic oxidation sites excluding steroid dienone is 29. The third kappa shape index (κ3) is 70.6. The van der Waals surface area contributed by atoms with Gasteiger partial charge in [0.25, 0.3) is 0 Å². The molecule has 0 saturated heterocycles. The molecule has 19 heteroatoms. The molecule has 0 aromatic heterocycles. The van der Waals surface area contributed by atoms with Crippen molar-refractivity contribution in [3.63, 3.8) is 0 Å². The zero-order valence-electron chi connectivity index (χ0n) is 61.3. The number of ether oxygens (including phenoxy) is 4. The minimum atomic E-state index is -5.01. The molecule has 0 aromatic rings. The lowest BCUT2D eigenvalue weighted by Gasteiger charge is -2.21. The van der Waals surface area contributed by atoms with Gasteiger partial charge in [0.2, 0.25) is 0 Å². The minimum Gasteiger partial charge on any atom is -0.462 e. The number of rotatable bonds is 67. The van der Waals surface area contributed by atoms with Crippen LogP contribution in [0.25, 0.3) is 0 Å². The zero-order valence-corrected chi connectivity index (χ0v) is 63.1. The number of esters is 4. The predicted molar refractivity (Wildman–Crippen MR) is 408 cm³/mol. The fourth-order valence-corrected chi connectivity index (χ4v) is 10.4. The van der Waals surface area contributed by atoms with Crippen LogP contribution < -0.4 is 0 Å². The van der Waals surface area contributed by atoms with Crippen molar-refractivity contribution in [3.05, 3.63) is 182 Å². The molecule has 0 aromatic carbocycles. The van der Waals surface area contributed by atoms with Crippen LogP contribution in [0.3, 0.4) is 0 Å². The van der Waals surface area contributed by atoms with E-state index in [1.165, 1.54) is 6.42 Å². The third-order valence-electron chi connectivity index (χ3n) is 14.4. The fourth-order valence-electron chi connectivity index (χ4n) is 8.83. The Hall–Kier alpha value is -5.84. The van der Waals surface area contributed by atoms with Crippen LogP contribution in [0.1, 0.15) is 246 Å². The van der Waals surface area contributed by atoms with Gasteiger partial charge >= 0.3 is 39.5 Å². The molecule has 0 aliphatic carbocycles. The molecule has 0 aliphatic heterocycles. The number of phosphoric ester groups is 2. The topological polar surface area (TPSA) is 237 Å². The highest BCUT2D eigenvalue weighted by atomic mass is 31.2. The molecular formula is C81H128O17P2. The van der Waals surface area contributed by atoms with Crippen molar-refractivity contribution in [2.24, 2.45) is 0 Å². The quantitative estimate of drug-likeness (QED) is 0.0169. The molecule has 100 heavy (non-hydrogen) atoms. The molecular weight excluding hydrogens is 1310 g/mol.